The van der Waals surface area contributed by atoms with Gasteiger partial charge in [0.2, 0.25) is 0 Å². The molecule has 7 heteroatoms. The Hall–Kier alpha value is -3.06. The van der Waals surface area contributed by atoms with E-state index in [2.05, 4.69) is 38.8 Å². The standard InChI is InChI=1S/C23H23N5OS/c29-23(20-15-24-16-30-20)27-13-10-18(11-14-27)28-21(9-8-17-5-2-1-3-6-17)26-19-7-4-12-25-22(19)28/h1-7,12,15-16,18H,8-11,13-14H2. The smallest absolute Gasteiger partial charge is 0.265 e. The van der Waals surface area contributed by atoms with Crippen LogP contribution < -0.4 is 0 Å². The Morgan fingerprint density at radius 2 is 1.90 bits per heavy atom. The van der Waals surface area contributed by atoms with Crippen molar-refractivity contribution in [2.75, 3.05) is 13.1 Å². The molecule has 30 heavy (non-hydrogen) atoms. The number of amides is 1. The highest BCUT2D eigenvalue weighted by molar-refractivity contribution is 7.11. The first kappa shape index (κ1) is 18.9. The average molecular weight is 418 g/mol. The predicted octanol–water partition coefficient (Wildman–Crippen LogP) is 4.15. The minimum atomic E-state index is 0.0915. The second-order valence-electron chi connectivity index (χ2n) is 7.62. The van der Waals surface area contributed by atoms with Crippen molar-refractivity contribution in [2.24, 2.45) is 0 Å². The molecule has 6 nitrogen and oxygen atoms in total. The monoisotopic (exact) mass is 417 g/mol. The van der Waals surface area contributed by atoms with Gasteiger partial charge in [-0.05, 0) is 37.0 Å². The highest BCUT2D eigenvalue weighted by Crippen LogP contribution is 2.29. The molecule has 0 spiro atoms. The Morgan fingerprint density at radius 3 is 2.67 bits per heavy atom. The second-order valence-corrected chi connectivity index (χ2v) is 8.51. The Kier molecular flexibility index (Phi) is 5.27. The molecular formula is C23H23N5OS. The molecule has 4 aromatic rings. The van der Waals surface area contributed by atoms with Gasteiger partial charge in [0.05, 0.1) is 11.7 Å². The molecule has 0 bridgehead atoms. The summed E-state index contributed by atoms with van der Waals surface area (Å²) in [5.41, 5.74) is 4.92. The Bertz CT molecular complexity index is 1130. The maximum Gasteiger partial charge on any atom is 0.265 e. The number of thiazole rings is 1. The molecular weight excluding hydrogens is 394 g/mol. The maximum atomic E-state index is 12.7. The van der Waals surface area contributed by atoms with Crippen LogP contribution in [0.1, 0.15) is 39.9 Å². The quantitative estimate of drug-likeness (QED) is 0.489. The van der Waals surface area contributed by atoms with Crippen molar-refractivity contribution < 1.29 is 4.79 Å². The fourth-order valence-corrected chi connectivity index (χ4v) is 4.83. The van der Waals surface area contributed by atoms with Crippen LogP contribution in [0.4, 0.5) is 0 Å². The van der Waals surface area contributed by atoms with Gasteiger partial charge in [0.25, 0.3) is 5.91 Å². The van der Waals surface area contributed by atoms with Gasteiger partial charge in [-0.2, -0.15) is 0 Å². The van der Waals surface area contributed by atoms with Crippen molar-refractivity contribution in [2.45, 2.75) is 31.7 Å². The van der Waals surface area contributed by atoms with Gasteiger partial charge in [-0.25, -0.2) is 9.97 Å². The number of aryl methyl sites for hydroxylation is 2. The number of hydrogen-bond donors (Lipinski definition) is 0. The largest absolute Gasteiger partial charge is 0.338 e. The van der Waals surface area contributed by atoms with E-state index in [1.165, 1.54) is 16.9 Å². The van der Waals surface area contributed by atoms with E-state index in [-0.39, 0.29) is 5.91 Å². The summed E-state index contributed by atoms with van der Waals surface area (Å²) in [5, 5.41) is 0. The van der Waals surface area contributed by atoms with Gasteiger partial charge in [0.15, 0.2) is 5.65 Å². The molecule has 0 N–H and O–H groups in total. The van der Waals surface area contributed by atoms with Gasteiger partial charge in [0, 0.05) is 31.7 Å². The molecule has 1 fully saturated rings. The number of carbonyl (C=O) groups is 1. The molecule has 0 aliphatic carbocycles. The molecule has 1 aliphatic heterocycles. The molecule has 152 valence electrons. The molecule has 1 saturated heterocycles. The van der Waals surface area contributed by atoms with Crippen molar-refractivity contribution in [3.8, 4) is 0 Å². The molecule has 0 atom stereocenters. The Balaban J connectivity index is 1.36. The summed E-state index contributed by atoms with van der Waals surface area (Å²) >= 11 is 1.40. The summed E-state index contributed by atoms with van der Waals surface area (Å²) in [6.45, 7) is 1.48. The average Bonchev–Trinajstić information content (AvgIpc) is 3.46. The first-order valence-electron chi connectivity index (χ1n) is 10.3. The zero-order chi connectivity index (χ0) is 20.3. The normalized spacial score (nSPS) is 15.0. The molecule has 1 amide bonds. The number of pyridine rings is 1. The number of rotatable bonds is 5. The fourth-order valence-electron chi connectivity index (χ4n) is 4.24. The zero-order valence-corrected chi connectivity index (χ0v) is 17.5. The summed E-state index contributed by atoms with van der Waals surface area (Å²) in [6.07, 6.45) is 7.14. The summed E-state index contributed by atoms with van der Waals surface area (Å²) in [7, 11) is 0. The van der Waals surface area contributed by atoms with E-state index in [9.17, 15) is 4.79 Å². The first-order chi connectivity index (χ1) is 14.8. The first-order valence-corrected chi connectivity index (χ1v) is 11.2. The van der Waals surface area contributed by atoms with Gasteiger partial charge in [-0.3, -0.25) is 9.78 Å². The van der Waals surface area contributed by atoms with Crippen LogP contribution in [-0.4, -0.2) is 43.4 Å². The minimum absolute atomic E-state index is 0.0915. The number of nitrogens with zero attached hydrogens (tertiary/aromatic N) is 5. The van der Waals surface area contributed by atoms with E-state index in [1.54, 1.807) is 11.7 Å². The van der Waals surface area contributed by atoms with Crippen LogP contribution in [0.15, 0.2) is 60.4 Å². The molecule has 5 rings (SSSR count). The molecule has 0 unspecified atom stereocenters. The Morgan fingerprint density at radius 1 is 1.07 bits per heavy atom. The topological polar surface area (TPSA) is 63.9 Å². The van der Waals surface area contributed by atoms with E-state index in [4.69, 9.17) is 4.98 Å². The number of aromatic nitrogens is 4. The van der Waals surface area contributed by atoms with Crippen LogP contribution in [0.2, 0.25) is 0 Å². The third kappa shape index (κ3) is 3.73. The number of benzene rings is 1. The number of piperidine rings is 1. The van der Waals surface area contributed by atoms with Crippen LogP contribution in [0, 0.1) is 0 Å². The van der Waals surface area contributed by atoms with Gasteiger partial charge in [-0.15, -0.1) is 11.3 Å². The number of fused-ring (bicyclic) bond motifs is 1. The molecule has 0 radical (unpaired) electrons. The van der Waals surface area contributed by atoms with Gasteiger partial charge < -0.3 is 9.47 Å². The minimum Gasteiger partial charge on any atom is -0.338 e. The molecule has 1 aromatic carbocycles. The van der Waals surface area contributed by atoms with E-state index < -0.39 is 0 Å². The lowest BCUT2D eigenvalue weighted by Crippen LogP contribution is -2.39. The number of carbonyl (C=O) groups excluding carboxylic acids is 1. The SMILES string of the molecule is O=C(c1cncs1)N1CCC(n2c(CCc3ccccc3)nc3cccnc32)CC1. The van der Waals surface area contributed by atoms with E-state index in [0.29, 0.717) is 10.9 Å². The van der Waals surface area contributed by atoms with E-state index >= 15 is 0 Å². The van der Waals surface area contributed by atoms with E-state index in [0.717, 1.165) is 55.8 Å². The highest BCUT2D eigenvalue weighted by Gasteiger charge is 2.28. The second kappa shape index (κ2) is 8.36. The molecule has 1 aliphatic rings. The lowest BCUT2D eigenvalue weighted by atomic mass is 10.0. The van der Waals surface area contributed by atoms with Crippen LogP contribution in [0.25, 0.3) is 11.2 Å². The van der Waals surface area contributed by atoms with Crippen LogP contribution in [0.5, 0.6) is 0 Å². The van der Waals surface area contributed by atoms with Gasteiger partial charge in [-0.1, -0.05) is 30.3 Å². The predicted molar refractivity (Wildman–Crippen MR) is 118 cm³/mol. The maximum absolute atomic E-state index is 12.7. The third-order valence-corrected chi connectivity index (χ3v) is 6.52. The van der Waals surface area contributed by atoms with Crippen LogP contribution >= 0.6 is 11.3 Å². The number of likely N-dealkylation sites (tertiary alicyclic amines) is 1. The highest BCUT2D eigenvalue weighted by atomic mass is 32.1. The molecule has 0 saturated carbocycles. The van der Waals surface area contributed by atoms with Crippen LogP contribution in [-0.2, 0) is 12.8 Å². The third-order valence-electron chi connectivity index (χ3n) is 5.76. The molecule has 3 aromatic heterocycles. The van der Waals surface area contributed by atoms with E-state index in [1.807, 2.05) is 29.3 Å². The number of hydrogen-bond acceptors (Lipinski definition) is 5. The summed E-state index contributed by atoms with van der Waals surface area (Å²) in [6, 6.07) is 14.8. The van der Waals surface area contributed by atoms with Gasteiger partial charge in [0.1, 0.15) is 16.2 Å². The van der Waals surface area contributed by atoms with Crippen LogP contribution in [0.3, 0.4) is 0 Å². The summed E-state index contributed by atoms with van der Waals surface area (Å²) in [5.74, 6) is 1.17. The zero-order valence-electron chi connectivity index (χ0n) is 16.6. The van der Waals surface area contributed by atoms with Crippen molar-refractivity contribution in [3.63, 3.8) is 0 Å². The Labute approximate surface area is 179 Å². The summed E-state index contributed by atoms with van der Waals surface area (Å²) in [4.78, 5) is 28.9. The number of imidazole rings is 1. The van der Waals surface area contributed by atoms with Crippen molar-refractivity contribution >= 4 is 28.4 Å². The lowest BCUT2D eigenvalue weighted by molar-refractivity contribution is 0.0699. The van der Waals surface area contributed by atoms with Crippen molar-refractivity contribution in [3.05, 3.63) is 76.6 Å². The molecule has 4 heterocycles. The van der Waals surface area contributed by atoms with Crippen molar-refractivity contribution in [1.82, 2.24) is 24.4 Å². The van der Waals surface area contributed by atoms with Crippen molar-refractivity contribution in [1.29, 1.82) is 0 Å². The lowest BCUT2D eigenvalue weighted by Gasteiger charge is -2.33. The fraction of sp³-hybridized carbons (Fsp3) is 0.304. The van der Waals surface area contributed by atoms with Gasteiger partial charge >= 0.3 is 0 Å². The summed E-state index contributed by atoms with van der Waals surface area (Å²) < 4.78 is 2.33.